The standard InChI is InChI=1S/C21H23N3OS/c1-13-6-9-19(16(4)10-13)24-12-22-23-21(24)26-17(5)20(25)18-8-7-14(2)15(3)11-18/h6-12,17H,1-5H3. The number of thioether (sulfide) groups is 1. The molecular weight excluding hydrogens is 342 g/mol. The second-order valence-corrected chi connectivity index (χ2v) is 8.00. The van der Waals surface area contributed by atoms with Crippen molar-refractivity contribution in [1.82, 2.24) is 14.8 Å². The molecule has 0 spiro atoms. The van der Waals surface area contributed by atoms with Gasteiger partial charge in [0.05, 0.1) is 10.9 Å². The first-order valence-corrected chi connectivity index (χ1v) is 9.50. The topological polar surface area (TPSA) is 47.8 Å². The molecule has 0 saturated carbocycles. The summed E-state index contributed by atoms with van der Waals surface area (Å²) < 4.78 is 1.95. The lowest BCUT2D eigenvalue weighted by Gasteiger charge is -2.13. The zero-order chi connectivity index (χ0) is 18.8. The highest BCUT2D eigenvalue weighted by atomic mass is 32.2. The quantitative estimate of drug-likeness (QED) is 0.478. The summed E-state index contributed by atoms with van der Waals surface area (Å²) >= 11 is 1.44. The normalized spacial score (nSPS) is 12.2. The number of hydrogen-bond donors (Lipinski definition) is 0. The Kier molecular flexibility index (Phi) is 5.28. The van der Waals surface area contributed by atoms with E-state index in [-0.39, 0.29) is 11.0 Å². The van der Waals surface area contributed by atoms with E-state index in [0.717, 1.165) is 27.5 Å². The average Bonchev–Trinajstić information content (AvgIpc) is 3.04. The van der Waals surface area contributed by atoms with Crippen LogP contribution in [0.25, 0.3) is 5.69 Å². The van der Waals surface area contributed by atoms with Crippen molar-refractivity contribution < 1.29 is 4.79 Å². The molecule has 0 amide bonds. The molecule has 0 saturated heterocycles. The molecule has 0 fully saturated rings. The third-order valence-electron chi connectivity index (χ3n) is 4.57. The van der Waals surface area contributed by atoms with Crippen LogP contribution in [0.15, 0.2) is 47.9 Å². The first-order chi connectivity index (χ1) is 12.4. The Hall–Kier alpha value is -2.40. The summed E-state index contributed by atoms with van der Waals surface area (Å²) in [5.41, 5.74) is 6.47. The molecule has 1 heterocycles. The zero-order valence-electron chi connectivity index (χ0n) is 15.8. The molecule has 26 heavy (non-hydrogen) atoms. The number of rotatable bonds is 5. The molecule has 1 aromatic heterocycles. The summed E-state index contributed by atoms with van der Waals surface area (Å²) in [4.78, 5) is 12.8. The summed E-state index contributed by atoms with van der Waals surface area (Å²) in [6, 6.07) is 12.1. The van der Waals surface area contributed by atoms with Crippen molar-refractivity contribution in [3.05, 3.63) is 70.5 Å². The van der Waals surface area contributed by atoms with E-state index in [0.29, 0.717) is 0 Å². The van der Waals surface area contributed by atoms with E-state index in [1.807, 2.05) is 43.5 Å². The summed E-state index contributed by atoms with van der Waals surface area (Å²) in [7, 11) is 0. The highest BCUT2D eigenvalue weighted by Crippen LogP contribution is 2.27. The van der Waals surface area contributed by atoms with Crippen LogP contribution in [0.2, 0.25) is 0 Å². The molecule has 3 rings (SSSR count). The number of carbonyl (C=O) groups excluding carboxylic acids is 1. The van der Waals surface area contributed by atoms with Gasteiger partial charge in [0.1, 0.15) is 6.33 Å². The third-order valence-corrected chi connectivity index (χ3v) is 5.63. The number of aromatic nitrogens is 3. The van der Waals surface area contributed by atoms with E-state index >= 15 is 0 Å². The molecule has 1 unspecified atom stereocenters. The highest BCUT2D eigenvalue weighted by molar-refractivity contribution is 8.00. The zero-order valence-corrected chi connectivity index (χ0v) is 16.6. The van der Waals surface area contributed by atoms with Gasteiger partial charge in [-0.2, -0.15) is 0 Å². The lowest BCUT2D eigenvalue weighted by Crippen LogP contribution is -2.15. The first-order valence-electron chi connectivity index (χ1n) is 8.62. The lowest BCUT2D eigenvalue weighted by molar-refractivity contribution is 0.0993. The number of carbonyl (C=O) groups is 1. The summed E-state index contributed by atoms with van der Waals surface area (Å²) in [6.07, 6.45) is 1.70. The second-order valence-electron chi connectivity index (χ2n) is 6.70. The molecular formula is C21H23N3OS. The van der Waals surface area contributed by atoms with Crippen LogP contribution in [-0.2, 0) is 0 Å². The minimum atomic E-state index is -0.245. The number of Topliss-reactive ketones (excluding diaryl/α,β-unsaturated/α-hetero) is 1. The number of hydrogen-bond acceptors (Lipinski definition) is 4. The van der Waals surface area contributed by atoms with Crippen molar-refractivity contribution in [3.8, 4) is 5.69 Å². The van der Waals surface area contributed by atoms with Crippen LogP contribution < -0.4 is 0 Å². The van der Waals surface area contributed by atoms with Gasteiger partial charge in [0.15, 0.2) is 10.9 Å². The van der Waals surface area contributed by atoms with Gasteiger partial charge in [0.2, 0.25) is 0 Å². The minimum absolute atomic E-state index is 0.105. The van der Waals surface area contributed by atoms with Crippen LogP contribution in [-0.4, -0.2) is 25.8 Å². The maximum atomic E-state index is 12.8. The highest BCUT2D eigenvalue weighted by Gasteiger charge is 2.20. The molecule has 5 heteroatoms. The molecule has 0 N–H and O–H groups in total. The van der Waals surface area contributed by atoms with Gasteiger partial charge in [0.25, 0.3) is 0 Å². The van der Waals surface area contributed by atoms with Gasteiger partial charge >= 0.3 is 0 Å². The Labute approximate surface area is 158 Å². The van der Waals surface area contributed by atoms with Crippen molar-refractivity contribution in [2.45, 2.75) is 45.0 Å². The molecule has 1 atom stereocenters. The van der Waals surface area contributed by atoms with Crippen LogP contribution in [0, 0.1) is 27.7 Å². The molecule has 0 aliphatic heterocycles. The summed E-state index contributed by atoms with van der Waals surface area (Å²) in [5.74, 6) is 0.105. The second kappa shape index (κ2) is 7.46. The van der Waals surface area contributed by atoms with Gasteiger partial charge in [-0.15, -0.1) is 10.2 Å². The molecule has 0 aliphatic carbocycles. The SMILES string of the molecule is Cc1ccc(-n2cnnc2SC(C)C(=O)c2ccc(C)c(C)c2)c(C)c1. The number of benzene rings is 2. The van der Waals surface area contributed by atoms with E-state index in [4.69, 9.17) is 0 Å². The molecule has 0 bridgehead atoms. The molecule has 2 aromatic carbocycles. The average molecular weight is 366 g/mol. The lowest BCUT2D eigenvalue weighted by atomic mass is 10.0. The minimum Gasteiger partial charge on any atom is -0.293 e. The Morgan fingerprint density at radius 3 is 2.46 bits per heavy atom. The van der Waals surface area contributed by atoms with Crippen LogP contribution in [0.5, 0.6) is 0 Å². The maximum Gasteiger partial charge on any atom is 0.196 e. The van der Waals surface area contributed by atoms with Crippen LogP contribution >= 0.6 is 11.8 Å². The molecule has 4 nitrogen and oxygen atoms in total. The molecule has 134 valence electrons. The van der Waals surface area contributed by atoms with E-state index < -0.39 is 0 Å². The van der Waals surface area contributed by atoms with Crippen molar-refractivity contribution >= 4 is 17.5 Å². The fourth-order valence-corrected chi connectivity index (χ4v) is 3.80. The predicted molar refractivity (Wildman–Crippen MR) is 106 cm³/mol. The molecule has 0 radical (unpaired) electrons. The van der Waals surface area contributed by atoms with Crippen molar-refractivity contribution in [1.29, 1.82) is 0 Å². The fourth-order valence-electron chi connectivity index (χ4n) is 2.89. The third kappa shape index (κ3) is 3.73. The van der Waals surface area contributed by atoms with Gasteiger partial charge in [-0.25, -0.2) is 0 Å². The van der Waals surface area contributed by atoms with Gasteiger partial charge in [-0.3, -0.25) is 9.36 Å². The van der Waals surface area contributed by atoms with Crippen molar-refractivity contribution in [2.75, 3.05) is 0 Å². The summed E-state index contributed by atoms with van der Waals surface area (Å²) in [6.45, 7) is 10.1. The van der Waals surface area contributed by atoms with Gasteiger partial charge in [-0.05, 0) is 63.4 Å². The first kappa shape index (κ1) is 18.4. The summed E-state index contributed by atoms with van der Waals surface area (Å²) in [5, 5.41) is 8.76. The van der Waals surface area contributed by atoms with Crippen LogP contribution in [0.4, 0.5) is 0 Å². The Balaban J connectivity index is 1.84. The van der Waals surface area contributed by atoms with Gasteiger partial charge in [-0.1, -0.05) is 41.6 Å². The molecule has 3 aromatic rings. The van der Waals surface area contributed by atoms with Crippen LogP contribution in [0.1, 0.15) is 39.5 Å². The monoisotopic (exact) mass is 365 g/mol. The Morgan fingerprint density at radius 2 is 1.77 bits per heavy atom. The predicted octanol–water partition coefficient (Wildman–Crippen LogP) is 4.86. The largest absolute Gasteiger partial charge is 0.293 e. The van der Waals surface area contributed by atoms with E-state index in [2.05, 4.69) is 42.2 Å². The number of nitrogens with zero attached hydrogens (tertiary/aromatic N) is 3. The van der Waals surface area contributed by atoms with Crippen LogP contribution in [0.3, 0.4) is 0 Å². The van der Waals surface area contributed by atoms with Gasteiger partial charge in [0, 0.05) is 5.56 Å². The molecule has 0 aliphatic rings. The van der Waals surface area contributed by atoms with E-state index in [1.54, 1.807) is 6.33 Å². The Morgan fingerprint density at radius 1 is 1.00 bits per heavy atom. The fraction of sp³-hybridized carbons (Fsp3) is 0.286. The van der Waals surface area contributed by atoms with Crippen molar-refractivity contribution in [2.24, 2.45) is 0 Å². The van der Waals surface area contributed by atoms with E-state index in [1.165, 1.54) is 22.9 Å². The van der Waals surface area contributed by atoms with Gasteiger partial charge < -0.3 is 0 Å². The number of aryl methyl sites for hydroxylation is 4. The van der Waals surface area contributed by atoms with Crippen molar-refractivity contribution in [3.63, 3.8) is 0 Å². The van der Waals surface area contributed by atoms with E-state index in [9.17, 15) is 4.79 Å². The smallest absolute Gasteiger partial charge is 0.196 e. The Bertz CT molecular complexity index is 962. The maximum absolute atomic E-state index is 12.8. The number of ketones is 1.